The summed E-state index contributed by atoms with van der Waals surface area (Å²) in [5.41, 5.74) is 5.36. The van der Waals surface area contributed by atoms with E-state index >= 15 is 0 Å². The number of rotatable bonds is 4. The van der Waals surface area contributed by atoms with Crippen molar-refractivity contribution in [2.45, 2.75) is 38.6 Å². The summed E-state index contributed by atoms with van der Waals surface area (Å²) >= 11 is 0. The number of fused-ring (bicyclic) bond motifs is 2. The average Bonchev–Trinajstić information content (AvgIpc) is 3.00. The van der Waals surface area contributed by atoms with Crippen molar-refractivity contribution in [1.82, 2.24) is 9.97 Å². The second-order valence-corrected chi connectivity index (χ2v) is 5.98. The van der Waals surface area contributed by atoms with Crippen LogP contribution in [0.4, 0.5) is 17.3 Å². The molecule has 0 saturated heterocycles. The van der Waals surface area contributed by atoms with Crippen LogP contribution in [0.15, 0.2) is 6.33 Å². The Bertz CT molecular complexity index is 535. The monoisotopic (exact) mass is 277 g/mol. The Kier molecular flexibility index (Phi) is 3.19. The van der Waals surface area contributed by atoms with Gasteiger partial charge in [0.15, 0.2) is 0 Å². The van der Waals surface area contributed by atoms with E-state index in [1.807, 2.05) is 0 Å². The molecule has 3 rings (SSSR count). The predicted octanol–water partition coefficient (Wildman–Crippen LogP) is 2.20. The molecule has 2 aliphatic carbocycles. The van der Waals surface area contributed by atoms with Crippen LogP contribution in [-0.4, -0.2) is 20.9 Å². The summed E-state index contributed by atoms with van der Waals surface area (Å²) in [6.07, 6.45) is 6.42. The summed E-state index contributed by atoms with van der Waals surface area (Å²) in [7, 11) is 0. The van der Waals surface area contributed by atoms with E-state index < -0.39 is 4.92 Å². The topological polar surface area (TPSA) is 107 Å². The standard InChI is InChI=1S/C13H19N5O2/c1-7(10-5-8-2-3-9(10)4-8)17-13-11(18(19)20)12(14)15-6-16-13/h6-10H,2-5H2,1H3,(H3,14,15,16,17)/t7-,8+,9+,10-/m0/s1. The first-order chi connectivity index (χ1) is 9.56. The number of nitrogen functional groups attached to an aromatic ring is 1. The van der Waals surface area contributed by atoms with E-state index in [9.17, 15) is 10.1 Å². The van der Waals surface area contributed by atoms with E-state index in [2.05, 4.69) is 22.2 Å². The molecule has 0 amide bonds. The second kappa shape index (κ2) is 4.88. The average molecular weight is 277 g/mol. The van der Waals surface area contributed by atoms with Crippen LogP contribution in [0, 0.1) is 27.9 Å². The van der Waals surface area contributed by atoms with Crippen molar-refractivity contribution in [3.05, 3.63) is 16.4 Å². The van der Waals surface area contributed by atoms with Gasteiger partial charge in [-0.3, -0.25) is 10.1 Å². The Morgan fingerprint density at radius 1 is 1.45 bits per heavy atom. The Hall–Kier alpha value is -1.92. The summed E-state index contributed by atoms with van der Waals surface area (Å²) in [4.78, 5) is 18.2. The van der Waals surface area contributed by atoms with Crippen LogP contribution >= 0.6 is 0 Å². The van der Waals surface area contributed by atoms with Crippen LogP contribution < -0.4 is 11.1 Å². The van der Waals surface area contributed by atoms with Gasteiger partial charge in [0.1, 0.15) is 6.33 Å². The number of anilines is 2. The fourth-order valence-corrected chi connectivity index (χ4v) is 3.91. The highest BCUT2D eigenvalue weighted by atomic mass is 16.6. The second-order valence-electron chi connectivity index (χ2n) is 5.98. The van der Waals surface area contributed by atoms with Crippen molar-refractivity contribution in [1.29, 1.82) is 0 Å². The molecule has 3 N–H and O–H groups in total. The molecule has 1 heterocycles. The van der Waals surface area contributed by atoms with E-state index in [0.717, 1.165) is 11.8 Å². The molecule has 2 bridgehead atoms. The van der Waals surface area contributed by atoms with Crippen LogP contribution in [0.2, 0.25) is 0 Å². The summed E-state index contributed by atoms with van der Waals surface area (Å²) in [6, 6.07) is 0.165. The Labute approximate surface area is 117 Å². The van der Waals surface area contributed by atoms with Gasteiger partial charge in [0, 0.05) is 6.04 Å². The van der Waals surface area contributed by atoms with Gasteiger partial charge in [0.25, 0.3) is 0 Å². The molecule has 1 aromatic heterocycles. The van der Waals surface area contributed by atoms with Gasteiger partial charge < -0.3 is 11.1 Å². The van der Waals surface area contributed by atoms with E-state index in [0.29, 0.717) is 5.92 Å². The van der Waals surface area contributed by atoms with Gasteiger partial charge >= 0.3 is 5.69 Å². The van der Waals surface area contributed by atoms with E-state index in [1.54, 1.807) is 0 Å². The summed E-state index contributed by atoms with van der Waals surface area (Å²) in [6.45, 7) is 2.08. The van der Waals surface area contributed by atoms with Crippen molar-refractivity contribution in [3.8, 4) is 0 Å². The zero-order valence-corrected chi connectivity index (χ0v) is 11.5. The third-order valence-electron chi connectivity index (χ3n) is 4.83. The third kappa shape index (κ3) is 2.17. The highest BCUT2D eigenvalue weighted by Gasteiger charge is 2.42. The fourth-order valence-electron chi connectivity index (χ4n) is 3.91. The number of hydrogen-bond acceptors (Lipinski definition) is 6. The molecule has 0 spiro atoms. The largest absolute Gasteiger partial charge is 0.378 e. The normalized spacial score (nSPS) is 29.4. The van der Waals surface area contributed by atoms with E-state index in [4.69, 9.17) is 5.73 Å². The minimum absolute atomic E-state index is 0.0901. The van der Waals surface area contributed by atoms with Crippen molar-refractivity contribution in [2.75, 3.05) is 11.1 Å². The number of nitrogens with one attached hydrogen (secondary N) is 1. The van der Waals surface area contributed by atoms with Crippen molar-refractivity contribution < 1.29 is 4.92 Å². The van der Waals surface area contributed by atoms with Gasteiger partial charge in [-0.25, -0.2) is 9.97 Å². The smallest absolute Gasteiger partial charge is 0.352 e. The zero-order chi connectivity index (χ0) is 14.3. The lowest BCUT2D eigenvalue weighted by molar-refractivity contribution is -0.383. The minimum Gasteiger partial charge on any atom is -0.378 e. The Morgan fingerprint density at radius 3 is 2.85 bits per heavy atom. The molecule has 20 heavy (non-hydrogen) atoms. The molecule has 108 valence electrons. The number of nitrogens with two attached hydrogens (primary N) is 1. The molecule has 2 saturated carbocycles. The lowest BCUT2D eigenvalue weighted by atomic mass is 9.84. The first kappa shape index (κ1) is 13.1. The van der Waals surface area contributed by atoms with Gasteiger partial charge in [-0.2, -0.15) is 0 Å². The molecule has 7 nitrogen and oxygen atoms in total. The minimum atomic E-state index is -0.523. The van der Waals surface area contributed by atoms with Crippen molar-refractivity contribution in [2.24, 2.45) is 17.8 Å². The van der Waals surface area contributed by atoms with Gasteiger partial charge in [-0.15, -0.1) is 0 Å². The Balaban J connectivity index is 1.78. The molecule has 0 aromatic carbocycles. The number of aromatic nitrogens is 2. The van der Waals surface area contributed by atoms with Gasteiger partial charge in [0.2, 0.25) is 11.6 Å². The molecule has 7 heteroatoms. The molecule has 0 unspecified atom stereocenters. The van der Waals surface area contributed by atoms with Crippen molar-refractivity contribution in [3.63, 3.8) is 0 Å². The lowest BCUT2D eigenvalue weighted by Crippen LogP contribution is -2.30. The SMILES string of the molecule is C[C@H](Nc1ncnc(N)c1[N+](=O)[O-])[C@@H]1C[C@@H]2CC[C@@H]1C2. The zero-order valence-electron chi connectivity index (χ0n) is 11.5. The molecule has 2 aliphatic rings. The summed E-state index contributed by atoms with van der Waals surface area (Å²) in [5.74, 6) is 2.32. The van der Waals surface area contributed by atoms with E-state index in [1.165, 1.54) is 32.0 Å². The molecule has 2 fully saturated rings. The molecule has 0 radical (unpaired) electrons. The van der Waals surface area contributed by atoms with E-state index in [-0.39, 0.29) is 23.4 Å². The summed E-state index contributed by atoms with van der Waals surface area (Å²) < 4.78 is 0. The lowest BCUT2D eigenvalue weighted by Gasteiger charge is -2.28. The first-order valence-electron chi connectivity index (χ1n) is 7.07. The molecule has 0 aliphatic heterocycles. The number of nitrogens with zero attached hydrogens (tertiary/aromatic N) is 3. The number of hydrogen-bond donors (Lipinski definition) is 2. The fraction of sp³-hybridized carbons (Fsp3) is 0.692. The molecular formula is C13H19N5O2. The quantitative estimate of drug-likeness (QED) is 0.645. The maximum atomic E-state index is 11.1. The molecule has 4 atom stereocenters. The van der Waals surface area contributed by atoms with Crippen LogP contribution in [0.25, 0.3) is 0 Å². The van der Waals surface area contributed by atoms with Crippen LogP contribution in [0.1, 0.15) is 32.6 Å². The highest BCUT2D eigenvalue weighted by Crippen LogP contribution is 2.50. The first-order valence-corrected chi connectivity index (χ1v) is 7.07. The maximum Gasteiger partial charge on any atom is 0.352 e. The Morgan fingerprint density at radius 2 is 2.25 bits per heavy atom. The number of nitro groups is 1. The summed E-state index contributed by atoms with van der Waals surface area (Å²) in [5, 5.41) is 14.3. The third-order valence-corrected chi connectivity index (χ3v) is 4.83. The van der Waals surface area contributed by atoms with Gasteiger partial charge in [0.05, 0.1) is 4.92 Å². The van der Waals surface area contributed by atoms with Gasteiger partial charge in [-0.1, -0.05) is 6.42 Å². The highest BCUT2D eigenvalue weighted by molar-refractivity contribution is 5.67. The van der Waals surface area contributed by atoms with Crippen LogP contribution in [-0.2, 0) is 0 Å². The predicted molar refractivity (Wildman–Crippen MR) is 75.1 cm³/mol. The van der Waals surface area contributed by atoms with Crippen LogP contribution in [0.3, 0.4) is 0 Å². The van der Waals surface area contributed by atoms with Crippen molar-refractivity contribution >= 4 is 17.3 Å². The molecule has 1 aromatic rings. The van der Waals surface area contributed by atoms with Crippen LogP contribution in [0.5, 0.6) is 0 Å². The van der Waals surface area contributed by atoms with Gasteiger partial charge in [-0.05, 0) is 43.9 Å². The maximum absolute atomic E-state index is 11.1. The molecular weight excluding hydrogens is 258 g/mol.